The Labute approximate surface area is 221 Å². The normalized spacial score (nSPS) is 11.6. The maximum absolute atomic E-state index is 13.4. The first-order chi connectivity index (χ1) is 18.2. The van der Waals surface area contributed by atoms with Crippen LogP contribution in [0.2, 0.25) is 0 Å². The lowest BCUT2D eigenvalue weighted by Crippen LogP contribution is -2.10. The van der Waals surface area contributed by atoms with E-state index in [1.807, 2.05) is 36.4 Å². The molecule has 0 atom stereocenters. The van der Waals surface area contributed by atoms with Crippen molar-refractivity contribution in [2.75, 3.05) is 10.6 Å². The van der Waals surface area contributed by atoms with Crippen molar-refractivity contribution in [3.63, 3.8) is 0 Å². The maximum atomic E-state index is 13.4. The number of amides is 1. The molecule has 0 aliphatic carbocycles. The first kappa shape index (κ1) is 25.2. The number of hydrogen-bond acceptors (Lipinski definition) is 6. The highest BCUT2D eigenvalue weighted by Gasteiger charge is 2.13. The number of nitrogens with one attached hydrogen (secondary N) is 2. The number of carbonyl (C=O) groups is 1. The number of benzene rings is 4. The molecule has 0 radical (unpaired) electrons. The molecule has 0 saturated heterocycles. The maximum Gasteiger partial charge on any atom is 0.267 e. The third-order valence-corrected chi connectivity index (χ3v) is 7.81. The molecule has 5 rings (SSSR count). The van der Waals surface area contributed by atoms with Crippen LogP contribution in [0.15, 0.2) is 101 Å². The zero-order valence-electron chi connectivity index (χ0n) is 19.6. The van der Waals surface area contributed by atoms with Gasteiger partial charge in [-0.3, -0.25) is 4.79 Å². The van der Waals surface area contributed by atoms with Crippen LogP contribution in [0, 0.1) is 11.6 Å². The van der Waals surface area contributed by atoms with Crippen LogP contribution in [0.5, 0.6) is 0 Å². The van der Waals surface area contributed by atoms with Gasteiger partial charge in [0.25, 0.3) is 5.91 Å². The van der Waals surface area contributed by atoms with E-state index >= 15 is 0 Å². The van der Waals surface area contributed by atoms with E-state index in [1.165, 1.54) is 11.6 Å². The van der Waals surface area contributed by atoms with Crippen molar-refractivity contribution in [2.24, 2.45) is 0 Å². The van der Waals surface area contributed by atoms with E-state index in [-0.39, 0.29) is 15.5 Å². The molecule has 0 aliphatic heterocycles. The minimum atomic E-state index is -3.54. The van der Waals surface area contributed by atoms with Gasteiger partial charge in [-0.25, -0.2) is 22.2 Å². The van der Waals surface area contributed by atoms with E-state index < -0.39 is 27.4 Å². The van der Waals surface area contributed by atoms with Crippen molar-refractivity contribution in [2.45, 2.75) is 4.90 Å². The smallest absolute Gasteiger partial charge is 0.267 e. The van der Waals surface area contributed by atoms with Crippen molar-refractivity contribution in [3.05, 3.63) is 119 Å². The number of thiazole rings is 1. The second-order valence-electron chi connectivity index (χ2n) is 8.25. The number of nitrogens with zero attached hydrogens (tertiary/aromatic N) is 1. The van der Waals surface area contributed by atoms with Gasteiger partial charge in [0.1, 0.15) is 16.5 Å². The number of aromatic nitrogens is 1. The van der Waals surface area contributed by atoms with E-state index in [9.17, 15) is 22.0 Å². The Bertz CT molecular complexity index is 1770. The standard InChI is InChI=1S/C28H19F2N3O3S2/c29-21-14-22(30)16-24(15-21)32-27(34)26-17-31-28(37-26)33-23-9-8-19-12-18(6-7-20(19)13-23)10-11-38(35,36)25-4-2-1-3-5-25/h1-17H,(H,31,33)(H,32,34)/b11-10+. The summed E-state index contributed by atoms with van der Waals surface area (Å²) < 4.78 is 51.7. The van der Waals surface area contributed by atoms with Gasteiger partial charge in [0.15, 0.2) is 15.0 Å². The Morgan fingerprint density at radius 2 is 1.55 bits per heavy atom. The van der Waals surface area contributed by atoms with Gasteiger partial charge in [0.05, 0.1) is 11.1 Å². The zero-order chi connectivity index (χ0) is 26.7. The molecule has 0 fully saturated rings. The van der Waals surface area contributed by atoms with Gasteiger partial charge in [-0.1, -0.05) is 47.7 Å². The lowest BCUT2D eigenvalue weighted by molar-refractivity contribution is 0.103. The average Bonchev–Trinajstić information content (AvgIpc) is 3.36. The van der Waals surface area contributed by atoms with Crippen molar-refractivity contribution in [3.8, 4) is 0 Å². The first-order valence-corrected chi connectivity index (χ1v) is 13.6. The van der Waals surface area contributed by atoms with Crippen LogP contribution in [0.25, 0.3) is 16.8 Å². The van der Waals surface area contributed by atoms with Crippen LogP contribution in [0.4, 0.5) is 25.3 Å². The lowest BCUT2D eigenvalue weighted by Gasteiger charge is -2.06. The zero-order valence-corrected chi connectivity index (χ0v) is 21.2. The van der Waals surface area contributed by atoms with Gasteiger partial charge >= 0.3 is 0 Å². The Morgan fingerprint density at radius 3 is 2.32 bits per heavy atom. The summed E-state index contributed by atoms with van der Waals surface area (Å²) in [6.45, 7) is 0. The molecular weight excluding hydrogens is 528 g/mol. The minimum Gasteiger partial charge on any atom is -0.332 e. The third kappa shape index (κ3) is 5.93. The number of hydrogen-bond donors (Lipinski definition) is 2. The molecule has 0 unspecified atom stereocenters. The Hall–Kier alpha value is -4.41. The monoisotopic (exact) mass is 547 g/mol. The van der Waals surface area contributed by atoms with Gasteiger partial charge < -0.3 is 10.6 Å². The van der Waals surface area contributed by atoms with Gasteiger partial charge in [-0.2, -0.15) is 0 Å². The van der Waals surface area contributed by atoms with Crippen molar-refractivity contribution >= 4 is 60.4 Å². The van der Waals surface area contributed by atoms with E-state index in [1.54, 1.807) is 36.4 Å². The molecule has 1 aromatic heterocycles. The SMILES string of the molecule is O=C(Nc1cc(F)cc(F)c1)c1cnc(Nc2ccc3cc(/C=C/S(=O)(=O)c4ccccc4)ccc3c2)s1. The first-order valence-electron chi connectivity index (χ1n) is 11.3. The lowest BCUT2D eigenvalue weighted by atomic mass is 10.1. The molecule has 5 aromatic rings. The van der Waals surface area contributed by atoms with E-state index in [4.69, 9.17) is 0 Å². The summed E-state index contributed by atoms with van der Waals surface area (Å²) in [5.74, 6) is -2.11. The molecule has 0 aliphatic rings. The Kier molecular flexibility index (Phi) is 6.99. The molecule has 0 saturated carbocycles. The molecule has 38 heavy (non-hydrogen) atoms. The molecule has 1 amide bonds. The number of rotatable bonds is 7. The third-order valence-electron chi connectivity index (χ3n) is 5.48. The van der Waals surface area contributed by atoms with Crippen LogP contribution < -0.4 is 10.6 Å². The van der Waals surface area contributed by atoms with Crippen LogP contribution in [-0.2, 0) is 9.84 Å². The molecule has 0 bridgehead atoms. The number of anilines is 3. The summed E-state index contributed by atoms with van der Waals surface area (Å²) in [6.07, 6.45) is 2.94. The van der Waals surface area contributed by atoms with Crippen molar-refractivity contribution in [1.82, 2.24) is 4.98 Å². The predicted molar refractivity (Wildman–Crippen MR) is 146 cm³/mol. The molecule has 2 N–H and O–H groups in total. The number of carbonyl (C=O) groups excluding carboxylic acids is 1. The fourth-order valence-corrected chi connectivity index (χ4v) is 5.44. The van der Waals surface area contributed by atoms with Gasteiger partial charge in [-0.05, 0) is 64.9 Å². The second-order valence-corrected chi connectivity index (χ2v) is 11.1. The molecule has 6 nitrogen and oxygen atoms in total. The molecule has 1 heterocycles. The molecule has 0 spiro atoms. The van der Waals surface area contributed by atoms with Crippen molar-refractivity contribution in [1.29, 1.82) is 0 Å². The van der Waals surface area contributed by atoms with Crippen LogP contribution in [0.3, 0.4) is 0 Å². The Morgan fingerprint density at radius 1 is 0.842 bits per heavy atom. The summed E-state index contributed by atoms with van der Waals surface area (Å²) in [7, 11) is -3.54. The van der Waals surface area contributed by atoms with E-state index in [0.29, 0.717) is 5.13 Å². The van der Waals surface area contributed by atoms with Gasteiger partial charge in [-0.15, -0.1) is 0 Å². The van der Waals surface area contributed by atoms with Crippen LogP contribution >= 0.6 is 11.3 Å². The van der Waals surface area contributed by atoms with Crippen LogP contribution in [0.1, 0.15) is 15.2 Å². The average molecular weight is 548 g/mol. The summed E-state index contributed by atoms with van der Waals surface area (Å²) in [4.78, 5) is 17.2. The molecule has 10 heteroatoms. The molecule has 4 aromatic carbocycles. The highest BCUT2D eigenvalue weighted by molar-refractivity contribution is 7.94. The largest absolute Gasteiger partial charge is 0.332 e. The summed E-state index contributed by atoms with van der Waals surface area (Å²) >= 11 is 1.09. The molecule has 190 valence electrons. The van der Waals surface area contributed by atoms with E-state index in [2.05, 4.69) is 15.6 Å². The summed E-state index contributed by atoms with van der Waals surface area (Å²) in [5.41, 5.74) is 1.49. The predicted octanol–water partition coefficient (Wildman–Crippen LogP) is 7.02. The summed E-state index contributed by atoms with van der Waals surface area (Å²) in [6, 6.07) is 22.2. The van der Waals surface area contributed by atoms with Gasteiger partial charge in [0, 0.05) is 22.8 Å². The summed E-state index contributed by atoms with van der Waals surface area (Å²) in [5, 5.41) is 9.09. The van der Waals surface area contributed by atoms with E-state index in [0.717, 1.165) is 51.6 Å². The quantitative estimate of drug-likeness (QED) is 0.229. The number of sulfone groups is 1. The fraction of sp³-hybridized carbons (Fsp3) is 0. The van der Waals surface area contributed by atoms with Crippen molar-refractivity contribution < 1.29 is 22.0 Å². The minimum absolute atomic E-state index is 0.0109. The van der Waals surface area contributed by atoms with Crippen LogP contribution in [-0.4, -0.2) is 19.3 Å². The number of halogens is 2. The topological polar surface area (TPSA) is 88.2 Å². The highest BCUT2D eigenvalue weighted by atomic mass is 32.2. The fourth-order valence-electron chi connectivity index (χ4n) is 3.68. The Balaban J connectivity index is 1.27. The number of fused-ring (bicyclic) bond motifs is 1. The second kappa shape index (κ2) is 10.5. The van der Waals surface area contributed by atoms with Gasteiger partial charge in [0.2, 0.25) is 0 Å². The highest BCUT2D eigenvalue weighted by Crippen LogP contribution is 2.27. The molecular formula is C28H19F2N3O3S2.